The van der Waals surface area contributed by atoms with Gasteiger partial charge in [-0.15, -0.1) is 0 Å². The number of carbonyl (C=O) groups is 1. The lowest BCUT2D eigenvalue weighted by atomic mass is 10.1. The molecule has 1 saturated heterocycles. The van der Waals surface area contributed by atoms with Gasteiger partial charge in [0.2, 0.25) is 5.91 Å². The molecular formula is C22H25ClN2O3S. The Morgan fingerprint density at radius 2 is 1.59 bits per heavy atom. The third kappa shape index (κ3) is 3.53. The fourth-order valence-corrected chi connectivity index (χ4v) is 6.13. The largest absolute Gasteiger partial charge is 0.368 e. The van der Waals surface area contributed by atoms with Crippen LogP contribution in [0.5, 0.6) is 0 Å². The van der Waals surface area contributed by atoms with Crippen molar-refractivity contribution in [3.8, 4) is 0 Å². The van der Waals surface area contributed by atoms with Gasteiger partial charge in [0, 0.05) is 36.9 Å². The molecule has 1 amide bonds. The van der Waals surface area contributed by atoms with E-state index in [1.165, 1.54) is 0 Å². The molecule has 1 aliphatic heterocycles. The number of halogens is 1. The maximum Gasteiger partial charge on any atom is 0.244 e. The van der Waals surface area contributed by atoms with Gasteiger partial charge in [-0.25, -0.2) is 8.42 Å². The van der Waals surface area contributed by atoms with E-state index in [1.54, 1.807) is 29.2 Å². The smallest absolute Gasteiger partial charge is 0.244 e. The second-order valence-electron chi connectivity index (χ2n) is 8.02. The lowest BCUT2D eigenvalue weighted by Gasteiger charge is -2.38. The number of rotatable bonds is 4. The Bertz CT molecular complexity index is 1040. The fraction of sp³-hybridized carbons (Fsp3) is 0.409. The molecule has 1 saturated carbocycles. The molecule has 0 spiro atoms. The highest BCUT2D eigenvalue weighted by atomic mass is 35.5. The van der Waals surface area contributed by atoms with Gasteiger partial charge in [-0.2, -0.15) is 0 Å². The van der Waals surface area contributed by atoms with Gasteiger partial charge in [-0.1, -0.05) is 35.4 Å². The molecule has 2 fully saturated rings. The molecule has 5 nitrogen and oxygen atoms in total. The van der Waals surface area contributed by atoms with Crippen molar-refractivity contribution >= 4 is 33.0 Å². The summed E-state index contributed by atoms with van der Waals surface area (Å²) in [4.78, 5) is 17.4. The first kappa shape index (κ1) is 20.2. The maximum atomic E-state index is 13.2. The van der Waals surface area contributed by atoms with E-state index in [-0.39, 0.29) is 10.8 Å². The van der Waals surface area contributed by atoms with Crippen molar-refractivity contribution in [1.29, 1.82) is 0 Å². The van der Waals surface area contributed by atoms with Gasteiger partial charge < -0.3 is 9.80 Å². The van der Waals surface area contributed by atoms with Crippen LogP contribution in [0.3, 0.4) is 0 Å². The van der Waals surface area contributed by atoms with Crippen molar-refractivity contribution in [3.63, 3.8) is 0 Å². The Kier molecular flexibility index (Phi) is 5.11. The number of piperazine rings is 1. The second-order valence-corrected chi connectivity index (χ2v) is 10.7. The number of amides is 1. The standard InChI is InChI=1S/C22H25ClN2O3S/c1-16-3-7-19(8-4-16)29(27,28)22(9-10-22)21(26)25-13-11-24(12-14-25)20-15-18(23)6-5-17(20)2/h3-8,15H,9-14H2,1-2H3. The molecule has 2 aromatic carbocycles. The summed E-state index contributed by atoms with van der Waals surface area (Å²) in [6.45, 7) is 6.29. The molecule has 154 valence electrons. The molecule has 2 aromatic rings. The molecular weight excluding hydrogens is 408 g/mol. The summed E-state index contributed by atoms with van der Waals surface area (Å²) in [5.74, 6) is -0.249. The minimum Gasteiger partial charge on any atom is -0.368 e. The number of nitrogens with zero attached hydrogens (tertiary/aromatic N) is 2. The van der Waals surface area contributed by atoms with Crippen molar-refractivity contribution in [2.45, 2.75) is 36.3 Å². The number of sulfone groups is 1. The van der Waals surface area contributed by atoms with E-state index in [0.717, 1.165) is 16.8 Å². The van der Waals surface area contributed by atoms with Crippen molar-refractivity contribution in [2.75, 3.05) is 31.1 Å². The molecule has 7 heteroatoms. The maximum absolute atomic E-state index is 13.2. The van der Waals surface area contributed by atoms with Crippen LogP contribution in [0, 0.1) is 13.8 Å². The lowest BCUT2D eigenvalue weighted by molar-refractivity contribution is -0.131. The molecule has 1 aliphatic carbocycles. The molecule has 29 heavy (non-hydrogen) atoms. The van der Waals surface area contributed by atoms with Crippen LogP contribution >= 0.6 is 11.6 Å². The quantitative estimate of drug-likeness (QED) is 0.740. The summed E-state index contributed by atoms with van der Waals surface area (Å²) in [5.41, 5.74) is 3.19. The third-order valence-corrected chi connectivity index (χ3v) is 8.76. The molecule has 0 aromatic heterocycles. The highest BCUT2D eigenvalue weighted by molar-refractivity contribution is 7.94. The predicted octanol–water partition coefficient (Wildman–Crippen LogP) is 3.61. The van der Waals surface area contributed by atoms with E-state index >= 15 is 0 Å². The number of anilines is 1. The Morgan fingerprint density at radius 1 is 0.966 bits per heavy atom. The molecule has 4 rings (SSSR count). The molecule has 1 heterocycles. The van der Waals surface area contributed by atoms with Crippen molar-refractivity contribution in [1.82, 2.24) is 4.90 Å². The van der Waals surface area contributed by atoms with Crippen LogP contribution in [-0.4, -0.2) is 50.2 Å². The molecule has 0 atom stereocenters. The lowest BCUT2D eigenvalue weighted by Crippen LogP contribution is -2.53. The summed E-state index contributed by atoms with van der Waals surface area (Å²) >= 11 is 6.14. The van der Waals surface area contributed by atoms with Crippen LogP contribution in [0.15, 0.2) is 47.4 Å². The van der Waals surface area contributed by atoms with E-state index in [9.17, 15) is 13.2 Å². The summed E-state index contributed by atoms with van der Waals surface area (Å²) < 4.78 is 25.1. The fourth-order valence-electron chi connectivity index (χ4n) is 4.02. The van der Waals surface area contributed by atoms with Crippen LogP contribution in [0.2, 0.25) is 5.02 Å². The van der Waals surface area contributed by atoms with Gasteiger partial charge in [-0.05, 0) is 56.5 Å². The molecule has 0 bridgehead atoms. The van der Waals surface area contributed by atoms with E-state index < -0.39 is 14.6 Å². The molecule has 0 radical (unpaired) electrons. The van der Waals surface area contributed by atoms with E-state index in [0.29, 0.717) is 44.0 Å². The zero-order chi connectivity index (χ0) is 20.8. The Balaban J connectivity index is 1.49. The first-order chi connectivity index (χ1) is 13.7. The zero-order valence-corrected chi connectivity index (χ0v) is 18.3. The summed E-state index contributed by atoms with van der Waals surface area (Å²) in [6, 6.07) is 12.6. The van der Waals surface area contributed by atoms with Crippen molar-refractivity contribution in [3.05, 3.63) is 58.6 Å². The van der Waals surface area contributed by atoms with Crippen LogP contribution in [0.25, 0.3) is 0 Å². The van der Waals surface area contributed by atoms with Gasteiger partial charge in [-0.3, -0.25) is 4.79 Å². The average Bonchev–Trinajstić information content (AvgIpc) is 3.52. The van der Waals surface area contributed by atoms with Crippen LogP contribution in [0.1, 0.15) is 24.0 Å². The van der Waals surface area contributed by atoms with Crippen LogP contribution in [-0.2, 0) is 14.6 Å². The summed E-state index contributed by atoms with van der Waals surface area (Å²) in [5, 5.41) is 0.685. The van der Waals surface area contributed by atoms with Gasteiger partial charge in [0.1, 0.15) is 0 Å². The number of hydrogen-bond acceptors (Lipinski definition) is 4. The van der Waals surface area contributed by atoms with E-state index in [2.05, 4.69) is 4.90 Å². The summed E-state index contributed by atoms with van der Waals surface area (Å²) in [7, 11) is -3.69. The minimum atomic E-state index is -3.69. The summed E-state index contributed by atoms with van der Waals surface area (Å²) in [6.07, 6.45) is 0.797. The van der Waals surface area contributed by atoms with Crippen molar-refractivity contribution < 1.29 is 13.2 Å². The van der Waals surface area contributed by atoms with E-state index in [1.807, 2.05) is 32.0 Å². The minimum absolute atomic E-state index is 0.238. The molecule has 2 aliphatic rings. The van der Waals surface area contributed by atoms with E-state index in [4.69, 9.17) is 11.6 Å². The topological polar surface area (TPSA) is 57.7 Å². The normalized spacial score (nSPS) is 18.6. The van der Waals surface area contributed by atoms with Crippen LogP contribution < -0.4 is 4.90 Å². The molecule has 0 N–H and O–H groups in total. The molecule has 0 unspecified atom stereocenters. The van der Waals surface area contributed by atoms with Gasteiger partial charge in [0.05, 0.1) is 4.90 Å². The van der Waals surface area contributed by atoms with Gasteiger partial charge in [0.25, 0.3) is 0 Å². The Labute approximate surface area is 177 Å². The number of benzene rings is 2. The van der Waals surface area contributed by atoms with Crippen LogP contribution in [0.4, 0.5) is 5.69 Å². The average molecular weight is 433 g/mol. The Hall–Kier alpha value is -2.05. The number of aryl methyl sites for hydroxylation is 2. The number of carbonyl (C=O) groups excluding carboxylic acids is 1. The van der Waals surface area contributed by atoms with Gasteiger partial charge in [0.15, 0.2) is 14.6 Å². The first-order valence-corrected chi connectivity index (χ1v) is 11.7. The highest BCUT2D eigenvalue weighted by Crippen LogP contribution is 2.48. The zero-order valence-electron chi connectivity index (χ0n) is 16.7. The SMILES string of the molecule is Cc1ccc(S(=O)(=O)C2(C(=O)N3CCN(c4cc(Cl)ccc4C)CC3)CC2)cc1. The number of hydrogen-bond donors (Lipinski definition) is 0. The first-order valence-electron chi connectivity index (χ1n) is 9.86. The third-order valence-electron chi connectivity index (χ3n) is 6.02. The predicted molar refractivity (Wildman–Crippen MR) is 115 cm³/mol. The monoisotopic (exact) mass is 432 g/mol. The van der Waals surface area contributed by atoms with Crippen molar-refractivity contribution in [2.24, 2.45) is 0 Å². The second kappa shape index (κ2) is 7.33. The highest BCUT2D eigenvalue weighted by Gasteiger charge is 2.62. The Morgan fingerprint density at radius 3 is 2.17 bits per heavy atom. The van der Waals surface area contributed by atoms with Gasteiger partial charge >= 0.3 is 0 Å².